The fourth-order valence-corrected chi connectivity index (χ4v) is 1.83. The third kappa shape index (κ3) is 5.67. The van der Waals surface area contributed by atoms with E-state index < -0.39 is 0 Å². The molecule has 1 aromatic rings. The zero-order valence-electron chi connectivity index (χ0n) is 10.5. The average Bonchev–Trinajstić information content (AvgIpc) is 2.25. The van der Waals surface area contributed by atoms with Crippen LogP contribution >= 0.6 is 11.8 Å². The van der Waals surface area contributed by atoms with Crippen molar-refractivity contribution >= 4 is 29.6 Å². The molecule has 1 heterocycles. The summed E-state index contributed by atoms with van der Waals surface area (Å²) in [6.45, 7) is 4.78. The number of rotatable bonds is 6. The summed E-state index contributed by atoms with van der Waals surface area (Å²) in [5.74, 6) is 1.97. The minimum atomic E-state index is 0.00343. The van der Waals surface area contributed by atoms with Gasteiger partial charge in [0.25, 0.3) is 0 Å². The monoisotopic (exact) mass is 270 g/mol. The summed E-state index contributed by atoms with van der Waals surface area (Å²) in [7, 11) is 0. The van der Waals surface area contributed by atoms with Gasteiger partial charge < -0.3 is 16.8 Å². The van der Waals surface area contributed by atoms with E-state index in [0.29, 0.717) is 29.8 Å². The summed E-state index contributed by atoms with van der Waals surface area (Å²) in [6, 6.07) is 0. The predicted octanol–water partition coefficient (Wildman–Crippen LogP) is 0.0414. The molecule has 7 nitrogen and oxygen atoms in total. The summed E-state index contributed by atoms with van der Waals surface area (Å²) in [4.78, 5) is 23.0. The number of hydrogen-bond acceptors (Lipinski definition) is 7. The number of carbonyl (C=O) groups is 1. The third-order valence-corrected chi connectivity index (χ3v) is 2.82. The van der Waals surface area contributed by atoms with E-state index in [1.165, 1.54) is 11.8 Å². The average molecular weight is 270 g/mol. The molecule has 1 amide bonds. The Bertz CT molecular complexity index is 391. The zero-order valence-corrected chi connectivity index (χ0v) is 11.3. The molecule has 0 saturated carbocycles. The van der Waals surface area contributed by atoms with Crippen molar-refractivity contribution in [2.45, 2.75) is 19.6 Å². The van der Waals surface area contributed by atoms with Crippen molar-refractivity contribution < 1.29 is 4.79 Å². The quantitative estimate of drug-likeness (QED) is 0.667. The highest BCUT2D eigenvalue weighted by Gasteiger charge is 2.05. The Labute approximate surface area is 110 Å². The van der Waals surface area contributed by atoms with Crippen LogP contribution < -0.4 is 16.8 Å². The highest BCUT2D eigenvalue weighted by atomic mass is 32.2. The van der Waals surface area contributed by atoms with Gasteiger partial charge >= 0.3 is 0 Å². The van der Waals surface area contributed by atoms with Crippen LogP contribution in [-0.2, 0) is 10.5 Å². The van der Waals surface area contributed by atoms with Crippen molar-refractivity contribution in [1.82, 2.24) is 20.3 Å². The number of nitrogens with two attached hydrogens (primary N) is 2. The molecule has 0 aliphatic rings. The molecule has 0 aliphatic carbocycles. The first-order valence-electron chi connectivity index (χ1n) is 5.57. The SMILES string of the molecule is CC(C)CNC(=O)CSCc1nc(N)nc(N)n1. The predicted molar refractivity (Wildman–Crippen MR) is 72.7 cm³/mol. The number of nitrogens with one attached hydrogen (secondary N) is 1. The first-order chi connectivity index (χ1) is 8.47. The number of aromatic nitrogens is 3. The number of amides is 1. The van der Waals surface area contributed by atoms with Gasteiger partial charge in [-0.15, -0.1) is 11.8 Å². The third-order valence-electron chi connectivity index (χ3n) is 1.89. The molecule has 18 heavy (non-hydrogen) atoms. The van der Waals surface area contributed by atoms with Gasteiger partial charge in [0.1, 0.15) is 5.82 Å². The van der Waals surface area contributed by atoms with E-state index in [9.17, 15) is 4.79 Å². The van der Waals surface area contributed by atoms with Gasteiger partial charge in [-0.1, -0.05) is 13.8 Å². The maximum Gasteiger partial charge on any atom is 0.230 e. The van der Waals surface area contributed by atoms with Gasteiger partial charge in [-0.05, 0) is 5.92 Å². The minimum Gasteiger partial charge on any atom is -0.368 e. The smallest absolute Gasteiger partial charge is 0.230 e. The summed E-state index contributed by atoms with van der Waals surface area (Å²) < 4.78 is 0. The molecule has 0 fully saturated rings. The second kappa shape index (κ2) is 7.00. The van der Waals surface area contributed by atoms with Crippen molar-refractivity contribution in [3.05, 3.63) is 5.82 Å². The first kappa shape index (κ1) is 14.5. The lowest BCUT2D eigenvalue weighted by molar-refractivity contribution is -0.118. The van der Waals surface area contributed by atoms with Gasteiger partial charge in [-0.3, -0.25) is 4.79 Å². The Morgan fingerprint density at radius 1 is 1.28 bits per heavy atom. The van der Waals surface area contributed by atoms with E-state index >= 15 is 0 Å². The largest absolute Gasteiger partial charge is 0.368 e. The fourth-order valence-electron chi connectivity index (χ4n) is 1.13. The Kier molecular flexibility index (Phi) is 5.63. The second-order valence-corrected chi connectivity index (χ2v) is 5.14. The molecule has 5 N–H and O–H groups in total. The number of nitrogen functional groups attached to an aromatic ring is 2. The van der Waals surface area contributed by atoms with Gasteiger partial charge in [0.2, 0.25) is 17.8 Å². The van der Waals surface area contributed by atoms with Crippen molar-refractivity contribution in [2.75, 3.05) is 23.8 Å². The molecule has 1 rings (SSSR count). The summed E-state index contributed by atoms with van der Waals surface area (Å²) >= 11 is 1.41. The molecule has 0 aliphatic heterocycles. The van der Waals surface area contributed by atoms with E-state index in [1.807, 2.05) is 13.8 Å². The summed E-state index contributed by atoms with van der Waals surface area (Å²) in [5, 5.41) is 2.83. The van der Waals surface area contributed by atoms with Gasteiger partial charge in [-0.25, -0.2) is 0 Å². The molecule has 0 unspecified atom stereocenters. The Morgan fingerprint density at radius 3 is 2.44 bits per heavy atom. The van der Waals surface area contributed by atoms with Crippen molar-refractivity contribution in [3.8, 4) is 0 Å². The first-order valence-corrected chi connectivity index (χ1v) is 6.73. The highest BCUT2D eigenvalue weighted by Crippen LogP contribution is 2.09. The molecule has 100 valence electrons. The van der Waals surface area contributed by atoms with Crippen molar-refractivity contribution in [1.29, 1.82) is 0 Å². The van der Waals surface area contributed by atoms with Crippen molar-refractivity contribution in [2.24, 2.45) is 5.92 Å². The van der Waals surface area contributed by atoms with E-state index in [0.717, 1.165) is 0 Å². The number of anilines is 2. The molecular weight excluding hydrogens is 252 g/mol. The summed E-state index contributed by atoms with van der Waals surface area (Å²) in [6.07, 6.45) is 0. The number of carbonyl (C=O) groups excluding carboxylic acids is 1. The number of hydrogen-bond donors (Lipinski definition) is 3. The van der Waals surface area contributed by atoms with Gasteiger partial charge in [0, 0.05) is 6.54 Å². The topological polar surface area (TPSA) is 120 Å². The van der Waals surface area contributed by atoms with E-state index in [-0.39, 0.29) is 17.8 Å². The van der Waals surface area contributed by atoms with Gasteiger partial charge in [0.05, 0.1) is 11.5 Å². The minimum absolute atomic E-state index is 0.00343. The lowest BCUT2D eigenvalue weighted by Gasteiger charge is -2.07. The van der Waals surface area contributed by atoms with Crippen LogP contribution in [0, 0.1) is 5.92 Å². The Morgan fingerprint density at radius 2 is 1.89 bits per heavy atom. The normalized spacial score (nSPS) is 10.6. The molecule has 0 aromatic carbocycles. The fraction of sp³-hybridized carbons (Fsp3) is 0.600. The van der Waals surface area contributed by atoms with Crippen LogP contribution in [0.4, 0.5) is 11.9 Å². The standard InChI is InChI=1S/C10H18N6OS/c1-6(2)3-13-8(17)5-18-4-7-14-9(11)16-10(12)15-7/h6H,3-5H2,1-2H3,(H,13,17)(H4,11,12,14,15,16). The van der Waals surface area contributed by atoms with Crippen LogP contribution in [-0.4, -0.2) is 33.2 Å². The molecular formula is C10H18N6OS. The molecule has 0 bridgehead atoms. The van der Waals surface area contributed by atoms with E-state index in [1.54, 1.807) is 0 Å². The molecule has 1 aromatic heterocycles. The summed E-state index contributed by atoms with van der Waals surface area (Å²) in [5.41, 5.74) is 10.9. The highest BCUT2D eigenvalue weighted by molar-refractivity contribution is 7.99. The van der Waals surface area contributed by atoms with Gasteiger partial charge in [-0.2, -0.15) is 15.0 Å². The van der Waals surface area contributed by atoms with Crippen LogP contribution in [0.25, 0.3) is 0 Å². The lowest BCUT2D eigenvalue weighted by Crippen LogP contribution is -2.28. The molecule has 0 saturated heterocycles. The number of nitrogens with zero attached hydrogens (tertiary/aromatic N) is 3. The van der Waals surface area contributed by atoms with Gasteiger partial charge in [0.15, 0.2) is 0 Å². The molecule has 0 spiro atoms. The van der Waals surface area contributed by atoms with E-state index in [2.05, 4.69) is 20.3 Å². The van der Waals surface area contributed by atoms with Crippen LogP contribution in [0.1, 0.15) is 19.7 Å². The molecule has 0 radical (unpaired) electrons. The number of thioether (sulfide) groups is 1. The zero-order chi connectivity index (χ0) is 13.5. The Balaban J connectivity index is 2.30. The van der Waals surface area contributed by atoms with Crippen LogP contribution in [0.5, 0.6) is 0 Å². The van der Waals surface area contributed by atoms with Crippen LogP contribution in [0.2, 0.25) is 0 Å². The van der Waals surface area contributed by atoms with Crippen LogP contribution in [0.3, 0.4) is 0 Å². The van der Waals surface area contributed by atoms with Crippen molar-refractivity contribution in [3.63, 3.8) is 0 Å². The van der Waals surface area contributed by atoms with Crippen LogP contribution in [0.15, 0.2) is 0 Å². The molecule has 0 atom stereocenters. The molecule has 8 heteroatoms. The van der Waals surface area contributed by atoms with E-state index in [4.69, 9.17) is 11.5 Å². The maximum atomic E-state index is 11.4. The second-order valence-electron chi connectivity index (χ2n) is 4.16. The lowest BCUT2D eigenvalue weighted by atomic mass is 10.2. The Hall–Kier alpha value is -1.57. The maximum absolute atomic E-state index is 11.4.